The average molecular weight is 306 g/mol. The summed E-state index contributed by atoms with van der Waals surface area (Å²) in [4.78, 5) is 0. The largest absolute Gasteiger partial charge is 0.387 e. The molecule has 1 aromatic rings. The maximum absolute atomic E-state index is 10.7. The first-order valence-corrected chi connectivity index (χ1v) is 7.30. The second kappa shape index (κ2) is 4.36. The van der Waals surface area contributed by atoms with Crippen LogP contribution in [-0.4, -0.2) is 5.11 Å². The van der Waals surface area contributed by atoms with Crippen LogP contribution in [0.2, 0.25) is 0 Å². The molecule has 2 saturated carbocycles. The zero-order chi connectivity index (χ0) is 12.8. The van der Waals surface area contributed by atoms with Gasteiger partial charge >= 0.3 is 0 Å². The van der Waals surface area contributed by atoms with Crippen LogP contribution < -0.4 is 0 Å². The van der Waals surface area contributed by atoms with Crippen LogP contribution in [0.15, 0.2) is 28.7 Å². The van der Waals surface area contributed by atoms with Crippen LogP contribution in [0.25, 0.3) is 0 Å². The molecule has 1 N–H and O–H groups in total. The molecule has 0 aliphatic heterocycles. The summed E-state index contributed by atoms with van der Waals surface area (Å²) in [7, 11) is 0. The Labute approximate surface area is 116 Å². The first-order valence-electron chi connectivity index (χ1n) is 6.50. The summed E-state index contributed by atoms with van der Waals surface area (Å²) in [5.74, 6) is 1.03. The second-order valence-corrected chi connectivity index (χ2v) is 6.61. The van der Waals surface area contributed by atoms with Crippen LogP contribution in [0, 0.1) is 28.6 Å². The summed E-state index contributed by atoms with van der Waals surface area (Å²) in [5, 5.41) is 20.3. The molecule has 4 atom stereocenters. The highest BCUT2D eigenvalue weighted by Crippen LogP contribution is 2.60. The summed E-state index contributed by atoms with van der Waals surface area (Å²) in [6, 6.07) is 10.2. The fourth-order valence-electron chi connectivity index (χ4n) is 3.88. The highest BCUT2D eigenvalue weighted by molar-refractivity contribution is 9.10. The van der Waals surface area contributed by atoms with E-state index in [1.54, 1.807) is 0 Å². The Morgan fingerprint density at radius 1 is 1.44 bits per heavy atom. The highest BCUT2D eigenvalue weighted by Gasteiger charge is 2.55. The second-order valence-electron chi connectivity index (χ2n) is 5.69. The minimum atomic E-state index is -0.657. The average Bonchev–Trinajstić information content (AvgIpc) is 2.98. The van der Waals surface area contributed by atoms with E-state index in [2.05, 4.69) is 22.0 Å². The maximum atomic E-state index is 10.7. The van der Waals surface area contributed by atoms with Gasteiger partial charge in [-0.25, -0.2) is 0 Å². The molecule has 0 amide bonds. The number of hydrogen-bond donors (Lipinski definition) is 1. The Kier molecular flexibility index (Phi) is 2.96. The topological polar surface area (TPSA) is 44.0 Å². The fraction of sp³-hybridized carbons (Fsp3) is 0.533. The van der Waals surface area contributed by atoms with Gasteiger partial charge in [-0.3, -0.25) is 0 Å². The molecule has 4 unspecified atom stereocenters. The summed E-state index contributed by atoms with van der Waals surface area (Å²) in [5.41, 5.74) is 0.308. The molecule has 2 nitrogen and oxygen atoms in total. The number of hydrogen-bond acceptors (Lipinski definition) is 2. The van der Waals surface area contributed by atoms with Crippen molar-refractivity contribution in [2.75, 3.05) is 0 Å². The minimum absolute atomic E-state index is 0.376. The van der Waals surface area contributed by atoms with Crippen molar-refractivity contribution in [3.63, 3.8) is 0 Å². The fourth-order valence-corrected chi connectivity index (χ4v) is 4.30. The SMILES string of the molecule is N#CC1(C(O)c2cccc(Br)c2)CC2CCC1C2. The van der Waals surface area contributed by atoms with E-state index in [0.717, 1.165) is 29.3 Å². The van der Waals surface area contributed by atoms with E-state index >= 15 is 0 Å². The lowest BCUT2D eigenvalue weighted by Crippen LogP contribution is -2.33. The Morgan fingerprint density at radius 3 is 2.83 bits per heavy atom. The normalized spacial score (nSPS) is 35.4. The van der Waals surface area contributed by atoms with Gasteiger partial charge in [-0.2, -0.15) is 5.26 Å². The molecule has 0 radical (unpaired) electrons. The first kappa shape index (κ1) is 12.2. The lowest BCUT2D eigenvalue weighted by atomic mass is 9.68. The molecule has 2 aliphatic rings. The molecule has 2 bridgehead atoms. The smallest absolute Gasteiger partial charge is 0.0979 e. The molecule has 94 valence electrons. The van der Waals surface area contributed by atoms with Crippen LogP contribution in [-0.2, 0) is 0 Å². The van der Waals surface area contributed by atoms with Gasteiger partial charge in [0, 0.05) is 4.47 Å². The number of aliphatic hydroxyl groups excluding tert-OH is 1. The Hall–Kier alpha value is -0.850. The van der Waals surface area contributed by atoms with E-state index in [1.807, 2.05) is 24.3 Å². The lowest BCUT2D eigenvalue weighted by molar-refractivity contribution is 0.0233. The van der Waals surface area contributed by atoms with E-state index in [9.17, 15) is 10.4 Å². The minimum Gasteiger partial charge on any atom is -0.387 e. The molecule has 2 aliphatic carbocycles. The van der Waals surface area contributed by atoms with Crippen LogP contribution in [0.5, 0.6) is 0 Å². The van der Waals surface area contributed by atoms with Crippen molar-refractivity contribution in [2.24, 2.45) is 17.3 Å². The van der Waals surface area contributed by atoms with Gasteiger partial charge in [-0.15, -0.1) is 0 Å². The van der Waals surface area contributed by atoms with Crippen molar-refractivity contribution in [2.45, 2.75) is 31.8 Å². The van der Waals surface area contributed by atoms with E-state index in [1.165, 1.54) is 6.42 Å². The zero-order valence-electron chi connectivity index (χ0n) is 10.1. The van der Waals surface area contributed by atoms with Crippen LogP contribution in [0.1, 0.15) is 37.4 Å². The predicted molar refractivity (Wildman–Crippen MR) is 72.6 cm³/mol. The molecule has 3 rings (SSSR count). The zero-order valence-corrected chi connectivity index (χ0v) is 11.7. The Morgan fingerprint density at radius 2 is 2.28 bits per heavy atom. The molecule has 0 spiro atoms. The molecular weight excluding hydrogens is 290 g/mol. The summed E-state index contributed by atoms with van der Waals surface area (Å²) < 4.78 is 0.954. The first-order chi connectivity index (χ1) is 8.65. The summed E-state index contributed by atoms with van der Waals surface area (Å²) >= 11 is 3.43. The van der Waals surface area contributed by atoms with E-state index in [0.29, 0.717) is 11.8 Å². The molecule has 1 aromatic carbocycles. The number of benzene rings is 1. The van der Waals surface area contributed by atoms with Crippen molar-refractivity contribution < 1.29 is 5.11 Å². The molecule has 18 heavy (non-hydrogen) atoms. The van der Waals surface area contributed by atoms with Gasteiger partial charge in [-0.1, -0.05) is 34.5 Å². The Balaban J connectivity index is 1.96. The number of nitrogens with zero attached hydrogens (tertiary/aromatic N) is 1. The predicted octanol–water partition coefficient (Wildman–Crippen LogP) is 3.81. The number of rotatable bonds is 2. The van der Waals surface area contributed by atoms with Gasteiger partial charge in [0.1, 0.15) is 0 Å². The van der Waals surface area contributed by atoms with Crippen LogP contribution in [0.4, 0.5) is 0 Å². The standard InChI is InChI=1S/C15H16BrNO/c16-13-3-1-2-11(7-13)14(18)15(9-17)8-10-4-5-12(15)6-10/h1-3,7,10,12,14,18H,4-6,8H2. The number of fused-ring (bicyclic) bond motifs is 2. The number of aliphatic hydroxyl groups is 1. The molecule has 2 fully saturated rings. The van der Waals surface area contributed by atoms with Gasteiger partial charge in [-0.05, 0) is 48.8 Å². The van der Waals surface area contributed by atoms with Gasteiger partial charge in [0.25, 0.3) is 0 Å². The van der Waals surface area contributed by atoms with Gasteiger partial charge in [0.05, 0.1) is 17.6 Å². The van der Waals surface area contributed by atoms with Gasteiger partial charge < -0.3 is 5.11 Å². The van der Waals surface area contributed by atoms with Crippen molar-refractivity contribution in [3.05, 3.63) is 34.3 Å². The molecule has 3 heteroatoms. The summed E-state index contributed by atoms with van der Waals surface area (Å²) in [6.07, 6.45) is 3.67. The van der Waals surface area contributed by atoms with Crippen molar-refractivity contribution >= 4 is 15.9 Å². The van der Waals surface area contributed by atoms with Crippen molar-refractivity contribution in [3.8, 4) is 6.07 Å². The molecular formula is C15H16BrNO. The quantitative estimate of drug-likeness (QED) is 0.903. The van der Waals surface area contributed by atoms with Crippen molar-refractivity contribution in [1.29, 1.82) is 5.26 Å². The number of nitriles is 1. The third-order valence-electron chi connectivity index (χ3n) is 4.76. The van der Waals surface area contributed by atoms with Crippen molar-refractivity contribution in [1.82, 2.24) is 0 Å². The molecule has 0 saturated heterocycles. The van der Waals surface area contributed by atoms with Crippen LogP contribution >= 0.6 is 15.9 Å². The maximum Gasteiger partial charge on any atom is 0.0979 e. The van der Waals surface area contributed by atoms with E-state index in [4.69, 9.17) is 0 Å². The number of halogens is 1. The van der Waals surface area contributed by atoms with Crippen LogP contribution in [0.3, 0.4) is 0 Å². The molecule has 0 heterocycles. The summed E-state index contributed by atoms with van der Waals surface area (Å²) in [6.45, 7) is 0. The third-order valence-corrected chi connectivity index (χ3v) is 5.25. The van der Waals surface area contributed by atoms with E-state index < -0.39 is 11.5 Å². The van der Waals surface area contributed by atoms with Gasteiger partial charge in [0.15, 0.2) is 0 Å². The van der Waals surface area contributed by atoms with Gasteiger partial charge in [0.2, 0.25) is 0 Å². The lowest BCUT2D eigenvalue weighted by Gasteiger charge is -2.35. The third kappa shape index (κ3) is 1.71. The Bertz CT molecular complexity index is 509. The highest BCUT2D eigenvalue weighted by atomic mass is 79.9. The molecule has 0 aromatic heterocycles. The monoisotopic (exact) mass is 305 g/mol. The van der Waals surface area contributed by atoms with E-state index in [-0.39, 0.29) is 0 Å².